The van der Waals surface area contributed by atoms with Crippen molar-refractivity contribution in [2.75, 3.05) is 31.1 Å². The largest absolute Gasteiger partial charge is 0.332 e. The topological polar surface area (TPSA) is 57.7 Å². The molecule has 7 heteroatoms. The third kappa shape index (κ3) is 3.91. The number of amides is 1. The van der Waals surface area contributed by atoms with Crippen LogP contribution in [0.25, 0.3) is 0 Å². The van der Waals surface area contributed by atoms with E-state index < -0.39 is 9.84 Å². The van der Waals surface area contributed by atoms with Gasteiger partial charge >= 0.3 is 0 Å². The van der Waals surface area contributed by atoms with E-state index in [9.17, 15) is 13.2 Å². The quantitative estimate of drug-likeness (QED) is 0.752. The number of allylic oxidation sites excluding steroid dienone is 1. The third-order valence-electron chi connectivity index (χ3n) is 4.89. The van der Waals surface area contributed by atoms with Gasteiger partial charge in [0.15, 0.2) is 9.84 Å². The number of benzene rings is 1. The van der Waals surface area contributed by atoms with Gasteiger partial charge in [-0.3, -0.25) is 9.69 Å². The molecule has 25 heavy (non-hydrogen) atoms. The summed E-state index contributed by atoms with van der Waals surface area (Å²) in [5, 5.41) is 0.400. The summed E-state index contributed by atoms with van der Waals surface area (Å²) in [6.07, 6.45) is 2.10. The van der Waals surface area contributed by atoms with Gasteiger partial charge in [-0.25, -0.2) is 8.42 Å². The van der Waals surface area contributed by atoms with E-state index in [4.69, 9.17) is 11.6 Å². The molecule has 0 N–H and O–H groups in total. The van der Waals surface area contributed by atoms with Crippen molar-refractivity contribution in [2.45, 2.75) is 25.9 Å². The molecule has 1 amide bonds. The minimum absolute atomic E-state index is 0.0270. The monoisotopic (exact) mass is 382 g/mol. The van der Waals surface area contributed by atoms with Crippen LogP contribution in [0.15, 0.2) is 35.9 Å². The first kappa shape index (κ1) is 18.4. The summed E-state index contributed by atoms with van der Waals surface area (Å²) < 4.78 is 24.5. The maximum absolute atomic E-state index is 13.0. The van der Waals surface area contributed by atoms with Gasteiger partial charge in [-0.15, -0.1) is 0 Å². The molecule has 0 spiro atoms. The van der Waals surface area contributed by atoms with Crippen molar-refractivity contribution >= 4 is 27.3 Å². The van der Waals surface area contributed by atoms with Gasteiger partial charge < -0.3 is 4.90 Å². The summed E-state index contributed by atoms with van der Waals surface area (Å²) in [6.45, 7) is 5.95. The lowest BCUT2D eigenvalue weighted by Gasteiger charge is -2.43. The highest BCUT2D eigenvalue weighted by Gasteiger charge is 2.47. The molecule has 0 saturated carbocycles. The Morgan fingerprint density at radius 3 is 2.56 bits per heavy atom. The average molecular weight is 383 g/mol. The van der Waals surface area contributed by atoms with Crippen molar-refractivity contribution in [3.63, 3.8) is 0 Å². The van der Waals surface area contributed by atoms with Crippen molar-refractivity contribution < 1.29 is 13.2 Å². The van der Waals surface area contributed by atoms with Crippen LogP contribution in [0.3, 0.4) is 0 Å². The van der Waals surface area contributed by atoms with Crippen LogP contribution in [0, 0.1) is 0 Å². The van der Waals surface area contributed by atoms with E-state index in [1.165, 1.54) is 5.57 Å². The van der Waals surface area contributed by atoms with Crippen LogP contribution in [0.4, 0.5) is 0 Å². The predicted molar refractivity (Wildman–Crippen MR) is 99.7 cm³/mol. The second-order valence-electron chi connectivity index (χ2n) is 6.97. The van der Waals surface area contributed by atoms with E-state index in [2.05, 4.69) is 11.0 Å². The molecule has 2 atom stereocenters. The van der Waals surface area contributed by atoms with E-state index in [-0.39, 0.29) is 29.5 Å². The number of halogens is 1. The van der Waals surface area contributed by atoms with Crippen LogP contribution in [-0.2, 0) is 9.84 Å². The predicted octanol–water partition coefficient (Wildman–Crippen LogP) is 2.23. The fourth-order valence-electron chi connectivity index (χ4n) is 3.59. The van der Waals surface area contributed by atoms with Gasteiger partial charge in [0.05, 0.1) is 28.1 Å². The molecule has 0 unspecified atom stereocenters. The Kier molecular flexibility index (Phi) is 5.23. The van der Waals surface area contributed by atoms with Crippen LogP contribution < -0.4 is 0 Å². The minimum Gasteiger partial charge on any atom is -0.332 e. The zero-order valence-electron chi connectivity index (χ0n) is 14.5. The molecule has 3 rings (SSSR count). The number of rotatable bonds is 3. The number of piperazine rings is 1. The SMILES string of the molecule is CC(C)=CCN1CCN(C(=O)c2ccccc2Cl)[C@@H]2CS(=O)(=O)C[C@@H]21. The molecule has 1 aromatic rings. The molecule has 0 aromatic heterocycles. The molecule has 5 nitrogen and oxygen atoms in total. The van der Waals surface area contributed by atoms with E-state index >= 15 is 0 Å². The fraction of sp³-hybridized carbons (Fsp3) is 0.500. The van der Waals surface area contributed by atoms with E-state index in [0.717, 1.165) is 0 Å². The lowest BCUT2D eigenvalue weighted by Crippen LogP contribution is -2.60. The van der Waals surface area contributed by atoms with Gasteiger partial charge in [0.25, 0.3) is 5.91 Å². The van der Waals surface area contributed by atoms with Crippen molar-refractivity contribution in [3.05, 3.63) is 46.5 Å². The number of hydrogen-bond donors (Lipinski definition) is 0. The first-order chi connectivity index (χ1) is 11.8. The van der Waals surface area contributed by atoms with Gasteiger partial charge in [0.2, 0.25) is 0 Å². The summed E-state index contributed by atoms with van der Waals surface area (Å²) >= 11 is 6.17. The van der Waals surface area contributed by atoms with Crippen LogP contribution in [0.1, 0.15) is 24.2 Å². The molecule has 136 valence electrons. The molecule has 1 aromatic carbocycles. The molecule has 0 aliphatic carbocycles. The molecule has 2 aliphatic heterocycles. The van der Waals surface area contributed by atoms with Gasteiger partial charge in [-0.2, -0.15) is 0 Å². The van der Waals surface area contributed by atoms with Gasteiger partial charge in [-0.1, -0.05) is 35.4 Å². The molecule has 2 heterocycles. The number of hydrogen-bond acceptors (Lipinski definition) is 4. The third-order valence-corrected chi connectivity index (χ3v) is 6.92. The lowest BCUT2D eigenvalue weighted by atomic mass is 10.0. The molecule has 2 saturated heterocycles. The summed E-state index contributed by atoms with van der Waals surface area (Å²) in [6, 6.07) is 6.46. The Morgan fingerprint density at radius 2 is 1.88 bits per heavy atom. The Balaban J connectivity index is 1.87. The first-order valence-electron chi connectivity index (χ1n) is 8.42. The van der Waals surface area contributed by atoms with Gasteiger partial charge in [0.1, 0.15) is 0 Å². The van der Waals surface area contributed by atoms with Crippen molar-refractivity contribution in [1.29, 1.82) is 0 Å². The minimum atomic E-state index is -3.15. The molecule has 0 bridgehead atoms. The normalized spacial score (nSPS) is 25.5. The lowest BCUT2D eigenvalue weighted by molar-refractivity contribution is 0.0368. The fourth-order valence-corrected chi connectivity index (χ4v) is 5.82. The molecule has 0 radical (unpaired) electrons. The number of sulfone groups is 1. The summed E-state index contributed by atoms with van der Waals surface area (Å²) in [5.41, 5.74) is 1.64. The number of nitrogens with zero attached hydrogens (tertiary/aromatic N) is 2. The second-order valence-corrected chi connectivity index (χ2v) is 9.53. The van der Waals surface area contributed by atoms with Crippen LogP contribution in [0.2, 0.25) is 5.02 Å². The summed E-state index contributed by atoms with van der Waals surface area (Å²) in [5.74, 6) is -0.0423. The highest BCUT2D eigenvalue weighted by atomic mass is 35.5. The highest BCUT2D eigenvalue weighted by molar-refractivity contribution is 7.91. The molecular formula is C18H23ClN2O3S. The van der Waals surface area contributed by atoms with Gasteiger partial charge in [0, 0.05) is 25.7 Å². The molecule has 2 aliphatic rings. The Bertz CT molecular complexity index is 802. The van der Waals surface area contributed by atoms with Gasteiger partial charge in [-0.05, 0) is 26.0 Å². The number of fused-ring (bicyclic) bond motifs is 1. The smallest absolute Gasteiger partial charge is 0.255 e. The molecular weight excluding hydrogens is 360 g/mol. The summed E-state index contributed by atoms with van der Waals surface area (Å²) in [7, 11) is -3.15. The Morgan fingerprint density at radius 1 is 1.20 bits per heavy atom. The van der Waals surface area contributed by atoms with Crippen molar-refractivity contribution in [1.82, 2.24) is 9.80 Å². The van der Waals surface area contributed by atoms with Crippen LogP contribution in [-0.4, -0.2) is 67.3 Å². The standard InChI is InChI=1S/C18H23ClN2O3S/c1-13(2)7-8-20-9-10-21(17-12-25(23,24)11-16(17)20)18(22)14-5-3-4-6-15(14)19/h3-7,16-17H,8-12H2,1-2H3/t16-,17+/m0/s1. The van der Waals surface area contributed by atoms with Crippen LogP contribution in [0.5, 0.6) is 0 Å². The maximum atomic E-state index is 13.0. The first-order valence-corrected chi connectivity index (χ1v) is 10.6. The van der Waals surface area contributed by atoms with E-state index in [1.54, 1.807) is 29.2 Å². The molecule has 2 fully saturated rings. The van der Waals surface area contributed by atoms with Crippen LogP contribution >= 0.6 is 11.6 Å². The Hall–Kier alpha value is -1.37. The van der Waals surface area contributed by atoms with Crippen molar-refractivity contribution in [2.24, 2.45) is 0 Å². The Labute approximate surface area is 154 Å². The maximum Gasteiger partial charge on any atom is 0.255 e. The highest BCUT2D eigenvalue weighted by Crippen LogP contribution is 2.29. The average Bonchev–Trinajstić information content (AvgIpc) is 2.87. The zero-order chi connectivity index (χ0) is 18.2. The van der Waals surface area contributed by atoms with E-state index in [1.807, 2.05) is 13.8 Å². The van der Waals surface area contributed by atoms with E-state index in [0.29, 0.717) is 30.2 Å². The number of carbonyl (C=O) groups is 1. The van der Waals surface area contributed by atoms with Crippen molar-refractivity contribution in [3.8, 4) is 0 Å². The number of carbonyl (C=O) groups excluding carboxylic acids is 1. The zero-order valence-corrected chi connectivity index (χ0v) is 16.1. The summed E-state index contributed by atoms with van der Waals surface area (Å²) in [4.78, 5) is 16.8. The second kappa shape index (κ2) is 7.09.